The SMILES string of the molecule is OC1(C2(C3(O)CCCCC3)CC2)CCCCC1. The van der Waals surface area contributed by atoms with Gasteiger partial charge in [-0.2, -0.15) is 0 Å². The van der Waals surface area contributed by atoms with Crippen LogP contribution in [0.5, 0.6) is 0 Å². The van der Waals surface area contributed by atoms with Crippen molar-refractivity contribution < 1.29 is 10.2 Å². The van der Waals surface area contributed by atoms with Crippen LogP contribution in [0.1, 0.15) is 77.0 Å². The smallest absolute Gasteiger partial charge is 0.0731 e. The summed E-state index contributed by atoms with van der Waals surface area (Å²) in [5.41, 5.74) is -1.21. The molecule has 0 amide bonds. The second kappa shape index (κ2) is 3.96. The average molecular weight is 238 g/mol. The van der Waals surface area contributed by atoms with Crippen LogP contribution in [0.3, 0.4) is 0 Å². The van der Waals surface area contributed by atoms with Gasteiger partial charge in [0, 0.05) is 5.41 Å². The molecule has 2 heteroatoms. The Morgan fingerprint density at radius 1 is 0.471 bits per heavy atom. The summed E-state index contributed by atoms with van der Waals surface area (Å²) in [7, 11) is 0. The standard InChI is InChI=1S/C15H26O2/c16-14(7-3-1-4-8-14)13(11-12-13)15(17)9-5-2-6-10-15/h16-17H,1-12H2. The molecule has 0 aromatic carbocycles. The second-order valence-corrected chi connectivity index (χ2v) is 6.77. The van der Waals surface area contributed by atoms with Crippen molar-refractivity contribution in [3.63, 3.8) is 0 Å². The highest BCUT2D eigenvalue weighted by Crippen LogP contribution is 2.67. The first-order chi connectivity index (χ1) is 8.12. The lowest BCUT2D eigenvalue weighted by molar-refractivity contribution is -0.170. The molecular weight excluding hydrogens is 212 g/mol. The summed E-state index contributed by atoms with van der Waals surface area (Å²) in [4.78, 5) is 0. The molecule has 3 fully saturated rings. The first kappa shape index (κ1) is 12.0. The molecule has 0 aromatic rings. The molecule has 0 bridgehead atoms. The molecule has 3 saturated carbocycles. The number of hydrogen-bond donors (Lipinski definition) is 2. The van der Waals surface area contributed by atoms with Gasteiger partial charge in [0.2, 0.25) is 0 Å². The van der Waals surface area contributed by atoms with Crippen LogP contribution in [0.15, 0.2) is 0 Å². The first-order valence-corrected chi connectivity index (χ1v) is 7.57. The van der Waals surface area contributed by atoms with E-state index in [1.807, 2.05) is 0 Å². The largest absolute Gasteiger partial charge is 0.389 e. The Morgan fingerprint density at radius 3 is 1.12 bits per heavy atom. The Labute approximate surface area is 104 Å². The average Bonchev–Trinajstić information content (AvgIpc) is 3.13. The van der Waals surface area contributed by atoms with Gasteiger partial charge in [0.25, 0.3) is 0 Å². The molecule has 0 aromatic heterocycles. The van der Waals surface area contributed by atoms with E-state index in [9.17, 15) is 10.2 Å². The Bertz CT molecular complexity index is 255. The maximum atomic E-state index is 11.0. The molecule has 17 heavy (non-hydrogen) atoms. The van der Waals surface area contributed by atoms with Crippen molar-refractivity contribution in [1.29, 1.82) is 0 Å². The van der Waals surface area contributed by atoms with Crippen LogP contribution in [-0.2, 0) is 0 Å². The maximum Gasteiger partial charge on any atom is 0.0731 e. The predicted octanol–water partition coefficient (Wildman–Crippen LogP) is 3.16. The summed E-state index contributed by atoms with van der Waals surface area (Å²) in [5.74, 6) is 0. The number of rotatable bonds is 2. The zero-order chi connectivity index (χ0) is 12.0. The van der Waals surface area contributed by atoms with Gasteiger partial charge < -0.3 is 10.2 Å². The molecule has 3 rings (SSSR count). The van der Waals surface area contributed by atoms with E-state index in [1.165, 1.54) is 12.8 Å². The minimum atomic E-state index is -0.544. The van der Waals surface area contributed by atoms with Crippen LogP contribution in [0.2, 0.25) is 0 Å². The Balaban J connectivity index is 1.84. The third-order valence-electron chi connectivity index (χ3n) is 5.89. The third-order valence-corrected chi connectivity index (χ3v) is 5.89. The van der Waals surface area contributed by atoms with Crippen molar-refractivity contribution in [2.24, 2.45) is 5.41 Å². The van der Waals surface area contributed by atoms with E-state index in [-0.39, 0.29) is 5.41 Å². The first-order valence-electron chi connectivity index (χ1n) is 7.57. The maximum absolute atomic E-state index is 11.0. The fraction of sp³-hybridized carbons (Fsp3) is 1.00. The van der Waals surface area contributed by atoms with Gasteiger partial charge in [-0.3, -0.25) is 0 Å². The summed E-state index contributed by atoms with van der Waals surface area (Å²) in [6.07, 6.45) is 12.9. The lowest BCUT2D eigenvalue weighted by atomic mass is 9.61. The highest BCUT2D eigenvalue weighted by molar-refractivity contribution is 5.19. The van der Waals surface area contributed by atoms with Crippen molar-refractivity contribution >= 4 is 0 Å². The monoisotopic (exact) mass is 238 g/mol. The van der Waals surface area contributed by atoms with E-state index in [4.69, 9.17) is 0 Å². The van der Waals surface area contributed by atoms with Crippen molar-refractivity contribution in [3.05, 3.63) is 0 Å². The Kier molecular flexibility index (Phi) is 2.79. The molecule has 0 atom stereocenters. The highest BCUT2D eigenvalue weighted by atomic mass is 16.3. The quantitative estimate of drug-likeness (QED) is 0.776. The molecule has 0 aliphatic heterocycles. The van der Waals surface area contributed by atoms with Crippen LogP contribution in [0.25, 0.3) is 0 Å². The minimum Gasteiger partial charge on any atom is -0.389 e. The van der Waals surface area contributed by atoms with E-state index in [2.05, 4.69) is 0 Å². The number of hydrogen-bond acceptors (Lipinski definition) is 2. The minimum absolute atomic E-state index is 0.124. The van der Waals surface area contributed by atoms with Crippen molar-refractivity contribution in [2.45, 2.75) is 88.3 Å². The molecule has 0 spiro atoms. The molecule has 3 aliphatic rings. The van der Waals surface area contributed by atoms with E-state index >= 15 is 0 Å². The zero-order valence-corrected chi connectivity index (χ0v) is 10.9. The summed E-state index contributed by atoms with van der Waals surface area (Å²) in [5, 5.41) is 22.0. The lowest BCUT2D eigenvalue weighted by Crippen LogP contribution is -2.55. The fourth-order valence-electron chi connectivity index (χ4n) is 4.72. The molecule has 0 unspecified atom stereocenters. The van der Waals surface area contributed by atoms with Crippen LogP contribution in [0.4, 0.5) is 0 Å². The third kappa shape index (κ3) is 1.67. The zero-order valence-electron chi connectivity index (χ0n) is 10.9. The molecule has 3 aliphatic carbocycles. The molecule has 0 saturated heterocycles. The fourth-order valence-corrected chi connectivity index (χ4v) is 4.72. The van der Waals surface area contributed by atoms with E-state index in [0.29, 0.717) is 0 Å². The van der Waals surface area contributed by atoms with E-state index in [0.717, 1.165) is 64.2 Å². The molecule has 2 nitrogen and oxygen atoms in total. The highest BCUT2D eigenvalue weighted by Gasteiger charge is 2.68. The van der Waals surface area contributed by atoms with Crippen LogP contribution >= 0.6 is 0 Å². The van der Waals surface area contributed by atoms with Gasteiger partial charge in [0.05, 0.1) is 11.2 Å². The normalized spacial score (nSPS) is 34.2. The Hall–Kier alpha value is -0.0800. The number of aliphatic hydroxyl groups is 2. The molecule has 0 radical (unpaired) electrons. The summed E-state index contributed by atoms with van der Waals surface area (Å²) < 4.78 is 0. The van der Waals surface area contributed by atoms with Gasteiger partial charge in [0.1, 0.15) is 0 Å². The topological polar surface area (TPSA) is 40.5 Å². The molecule has 2 N–H and O–H groups in total. The second-order valence-electron chi connectivity index (χ2n) is 6.77. The van der Waals surface area contributed by atoms with Gasteiger partial charge in [-0.05, 0) is 38.5 Å². The molecule has 0 heterocycles. The molecular formula is C15H26O2. The summed E-state index contributed by atoms with van der Waals surface area (Å²) in [6.45, 7) is 0. The van der Waals surface area contributed by atoms with Gasteiger partial charge in [-0.1, -0.05) is 38.5 Å². The van der Waals surface area contributed by atoms with Gasteiger partial charge in [-0.25, -0.2) is 0 Å². The van der Waals surface area contributed by atoms with Crippen molar-refractivity contribution in [3.8, 4) is 0 Å². The summed E-state index contributed by atoms with van der Waals surface area (Å²) >= 11 is 0. The van der Waals surface area contributed by atoms with Crippen molar-refractivity contribution in [2.75, 3.05) is 0 Å². The summed E-state index contributed by atoms with van der Waals surface area (Å²) in [6, 6.07) is 0. The van der Waals surface area contributed by atoms with Crippen LogP contribution in [0, 0.1) is 5.41 Å². The van der Waals surface area contributed by atoms with Crippen molar-refractivity contribution in [1.82, 2.24) is 0 Å². The van der Waals surface area contributed by atoms with Gasteiger partial charge in [0.15, 0.2) is 0 Å². The Morgan fingerprint density at radius 2 is 0.824 bits per heavy atom. The van der Waals surface area contributed by atoms with Gasteiger partial charge >= 0.3 is 0 Å². The predicted molar refractivity (Wildman–Crippen MR) is 67.7 cm³/mol. The van der Waals surface area contributed by atoms with E-state index in [1.54, 1.807) is 0 Å². The van der Waals surface area contributed by atoms with Gasteiger partial charge in [-0.15, -0.1) is 0 Å². The van der Waals surface area contributed by atoms with E-state index < -0.39 is 11.2 Å². The lowest BCUT2D eigenvalue weighted by Gasteiger charge is -2.50. The van der Waals surface area contributed by atoms with Crippen LogP contribution in [-0.4, -0.2) is 21.4 Å². The van der Waals surface area contributed by atoms with Crippen LogP contribution < -0.4 is 0 Å². The molecule has 98 valence electrons.